The van der Waals surface area contributed by atoms with Crippen molar-refractivity contribution >= 4 is 33.4 Å². The van der Waals surface area contributed by atoms with E-state index in [9.17, 15) is 18.0 Å². The number of hydrogen-bond donors (Lipinski definition) is 2. The largest absolute Gasteiger partial charge is 0.353 e. The lowest BCUT2D eigenvalue weighted by molar-refractivity contribution is -0.116. The molecule has 5 aromatic rings. The second-order valence-electron chi connectivity index (χ2n) is 8.08. The van der Waals surface area contributed by atoms with Crippen LogP contribution < -0.4 is 5.32 Å². The topological polar surface area (TPSA) is 57.8 Å². The van der Waals surface area contributed by atoms with Crippen molar-refractivity contribution in [3.63, 3.8) is 0 Å². The number of aryl methyl sites for hydroxylation is 1. The maximum atomic E-state index is 14.0. The molecule has 7 heteroatoms. The number of pyridine rings is 1. The number of para-hydroxylation sites is 1. The molecule has 0 radical (unpaired) electrons. The number of benzene rings is 3. The van der Waals surface area contributed by atoms with Crippen molar-refractivity contribution < 1.29 is 18.0 Å². The zero-order chi connectivity index (χ0) is 23.7. The number of hydrogen-bond acceptors (Lipinski definition) is 2. The fourth-order valence-corrected chi connectivity index (χ4v) is 4.13. The average molecular weight is 459 g/mol. The number of nitrogens with one attached hydrogen (secondary N) is 2. The van der Waals surface area contributed by atoms with Gasteiger partial charge in [-0.1, -0.05) is 24.3 Å². The summed E-state index contributed by atoms with van der Waals surface area (Å²) in [5.74, 6) is -2.28. The van der Waals surface area contributed by atoms with E-state index >= 15 is 0 Å². The first-order valence-electron chi connectivity index (χ1n) is 10.9. The van der Waals surface area contributed by atoms with E-state index in [4.69, 9.17) is 4.98 Å². The molecule has 1 amide bonds. The lowest BCUT2D eigenvalue weighted by Gasteiger charge is -2.08. The highest BCUT2D eigenvalue weighted by Crippen LogP contribution is 2.32. The van der Waals surface area contributed by atoms with Crippen molar-refractivity contribution in [1.29, 1.82) is 0 Å². The second kappa shape index (κ2) is 9.02. The van der Waals surface area contributed by atoms with Gasteiger partial charge in [-0.25, -0.2) is 18.2 Å². The number of carbonyl (C=O) groups excluding carboxylic acids is 1. The van der Waals surface area contributed by atoms with Gasteiger partial charge in [-0.2, -0.15) is 0 Å². The summed E-state index contributed by atoms with van der Waals surface area (Å²) >= 11 is 0. The van der Waals surface area contributed by atoms with Crippen LogP contribution in [0.4, 0.5) is 18.9 Å². The van der Waals surface area contributed by atoms with Crippen LogP contribution in [-0.2, 0) is 11.2 Å². The average Bonchev–Trinajstić information content (AvgIpc) is 3.18. The third-order valence-corrected chi connectivity index (χ3v) is 5.76. The number of carbonyl (C=O) groups is 1. The summed E-state index contributed by atoms with van der Waals surface area (Å²) in [6.07, 6.45) is 1.04. The molecule has 4 nitrogen and oxygen atoms in total. The molecule has 3 aromatic carbocycles. The van der Waals surface area contributed by atoms with Gasteiger partial charge in [0.15, 0.2) is 0 Å². The number of fused-ring (bicyclic) bond motifs is 2. The van der Waals surface area contributed by atoms with Crippen LogP contribution in [0.5, 0.6) is 0 Å². The van der Waals surface area contributed by atoms with E-state index in [1.807, 2.05) is 36.4 Å². The van der Waals surface area contributed by atoms with Crippen molar-refractivity contribution in [3.05, 3.63) is 95.8 Å². The highest BCUT2D eigenvalue weighted by atomic mass is 19.1. The van der Waals surface area contributed by atoms with Gasteiger partial charge in [0.2, 0.25) is 5.91 Å². The summed E-state index contributed by atoms with van der Waals surface area (Å²) in [6.45, 7) is 0. The Morgan fingerprint density at radius 3 is 2.56 bits per heavy atom. The number of aromatic nitrogens is 2. The zero-order valence-electron chi connectivity index (χ0n) is 18.0. The van der Waals surface area contributed by atoms with Gasteiger partial charge in [0.25, 0.3) is 0 Å². The van der Waals surface area contributed by atoms with Crippen LogP contribution >= 0.6 is 0 Å². The number of anilines is 1. The molecular formula is C27H20F3N3O. The molecule has 34 heavy (non-hydrogen) atoms. The SMILES string of the molecule is O=C(CCCc1c(-c2ccc3ccccc3n2)[nH]c2ccc(F)cc12)Nc1ccc(F)cc1F. The molecule has 0 saturated heterocycles. The van der Waals surface area contributed by atoms with Gasteiger partial charge in [-0.05, 0) is 60.9 Å². The molecule has 0 saturated carbocycles. The molecule has 0 aliphatic rings. The van der Waals surface area contributed by atoms with E-state index in [0.717, 1.165) is 50.9 Å². The fourth-order valence-electron chi connectivity index (χ4n) is 4.13. The Morgan fingerprint density at radius 1 is 0.912 bits per heavy atom. The molecule has 0 aliphatic carbocycles. The standard InChI is InChI=1S/C27H20F3N3O/c28-17-9-12-23-20(14-17)19(5-3-7-26(34)32-24-13-10-18(29)15-21(24)30)27(33-23)25-11-8-16-4-1-2-6-22(16)31-25/h1-2,4,6,8-15,33H,3,5,7H2,(H,32,34). The molecular weight excluding hydrogens is 439 g/mol. The number of amides is 1. The van der Waals surface area contributed by atoms with Crippen molar-refractivity contribution in [1.82, 2.24) is 9.97 Å². The smallest absolute Gasteiger partial charge is 0.224 e. The summed E-state index contributed by atoms with van der Waals surface area (Å²) in [5, 5.41) is 4.21. The Bertz CT molecular complexity index is 1530. The van der Waals surface area contributed by atoms with E-state index in [1.165, 1.54) is 18.2 Å². The molecule has 5 rings (SSSR count). The van der Waals surface area contributed by atoms with Gasteiger partial charge in [0, 0.05) is 28.8 Å². The number of H-pyrrole nitrogens is 1. The number of halogens is 3. The number of aromatic amines is 1. The Balaban J connectivity index is 1.40. The van der Waals surface area contributed by atoms with E-state index in [2.05, 4.69) is 10.3 Å². The summed E-state index contributed by atoms with van der Waals surface area (Å²) in [6, 6.07) is 19.2. The molecule has 0 bridgehead atoms. The Kier molecular flexibility index (Phi) is 5.76. The minimum Gasteiger partial charge on any atom is -0.353 e. The highest BCUT2D eigenvalue weighted by molar-refractivity contribution is 5.92. The van der Waals surface area contributed by atoms with Gasteiger partial charge in [-0.3, -0.25) is 4.79 Å². The maximum Gasteiger partial charge on any atom is 0.224 e. The second-order valence-corrected chi connectivity index (χ2v) is 8.08. The molecule has 0 unspecified atom stereocenters. The van der Waals surface area contributed by atoms with Crippen LogP contribution in [0, 0.1) is 17.5 Å². The van der Waals surface area contributed by atoms with Crippen LogP contribution in [0.2, 0.25) is 0 Å². The van der Waals surface area contributed by atoms with Crippen molar-refractivity contribution in [2.24, 2.45) is 0 Å². The van der Waals surface area contributed by atoms with Gasteiger partial charge >= 0.3 is 0 Å². The third-order valence-electron chi connectivity index (χ3n) is 5.76. The monoisotopic (exact) mass is 459 g/mol. The lowest BCUT2D eigenvalue weighted by atomic mass is 10.0. The predicted octanol–water partition coefficient (Wildman–Crippen LogP) is 6.76. The first kappa shape index (κ1) is 21.7. The molecule has 0 spiro atoms. The van der Waals surface area contributed by atoms with Crippen LogP contribution in [0.15, 0.2) is 72.8 Å². The molecule has 170 valence electrons. The van der Waals surface area contributed by atoms with Crippen LogP contribution in [0.25, 0.3) is 33.2 Å². The van der Waals surface area contributed by atoms with Crippen molar-refractivity contribution in [2.45, 2.75) is 19.3 Å². The molecule has 2 aromatic heterocycles. The van der Waals surface area contributed by atoms with E-state index in [0.29, 0.717) is 12.8 Å². The van der Waals surface area contributed by atoms with Crippen molar-refractivity contribution in [3.8, 4) is 11.4 Å². The van der Waals surface area contributed by atoms with Crippen LogP contribution in [-0.4, -0.2) is 15.9 Å². The van der Waals surface area contributed by atoms with Crippen molar-refractivity contribution in [2.75, 3.05) is 5.32 Å². The number of rotatable bonds is 6. The number of nitrogens with zero attached hydrogens (tertiary/aromatic N) is 1. The summed E-state index contributed by atoms with van der Waals surface area (Å²) in [4.78, 5) is 20.5. The van der Waals surface area contributed by atoms with E-state index in [-0.39, 0.29) is 23.8 Å². The first-order chi connectivity index (χ1) is 16.5. The van der Waals surface area contributed by atoms with E-state index < -0.39 is 11.6 Å². The van der Waals surface area contributed by atoms with E-state index in [1.54, 1.807) is 6.07 Å². The normalized spacial score (nSPS) is 11.3. The Labute approximate surface area is 193 Å². The molecule has 0 atom stereocenters. The third kappa shape index (κ3) is 4.37. The van der Waals surface area contributed by atoms with Gasteiger partial charge < -0.3 is 10.3 Å². The molecule has 2 heterocycles. The van der Waals surface area contributed by atoms with Crippen LogP contribution in [0.3, 0.4) is 0 Å². The predicted molar refractivity (Wildman–Crippen MR) is 127 cm³/mol. The van der Waals surface area contributed by atoms with Gasteiger partial charge in [0.1, 0.15) is 17.5 Å². The van der Waals surface area contributed by atoms with Crippen LogP contribution in [0.1, 0.15) is 18.4 Å². The Hall–Kier alpha value is -4.13. The molecule has 0 aliphatic heterocycles. The highest BCUT2D eigenvalue weighted by Gasteiger charge is 2.16. The minimum atomic E-state index is -0.829. The summed E-state index contributed by atoms with van der Waals surface area (Å²) in [5.41, 5.74) is 3.91. The lowest BCUT2D eigenvalue weighted by Crippen LogP contribution is -2.12. The zero-order valence-corrected chi connectivity index (χ0v) is 18.0. The fraction of sp³-hybridized carbons (Fsp3) is 0.111. The maximum absolute atomic E-state index is 14.0. The van der Waals surface area contributed by atoms with Gasteiger partial charge in [-0.15, -0.1) is 0 Å². The molecule has 2 N–H and O–H groups in total. The Morgan fingerprint density at radius 2 is 1.71 bits per heavy atom. The molecule has 0 fully saturated rings. The summed E-state index contributed by atoms with van der Waals surface area (Å²) in [7, 11) is 0. The minimum absolute atomic E-state index is 0.0679. The van der Waals surface area contributed by atoms with Gasteiger partial charge in [0.05, 0.1) is 22.6 Å². The summed E-state index contributed by atoms with van der Waals surface area (Å²) < 4.78 is 40.9. The first-order valence-corrected chi connectivity index (χ1v) is 10.9. The quantitative estimate of drug-likeness (QED) is 0.295.